The van der Waals surface area contributed by atoms with E-state index < -0.39 is 0 Å². The highest BCUT2D eigenvalue weighted by Gasteiger charge is 2.23. The number of hydrogen-bond acceptors (Lipinski definition) is 5. The molecule has 0 spiro atoms. The fourth-order valence-electron chi connectivity index (χ4n) is 3.61. The molecule has 0 radical (unpaired) electrons. The zero-order valence-electron chi connectivity index (χ0n) is 17.0. The molecule has 0 bridgehead atoms. The van der Waals surface area contributed by atoms with Crippen molar-refractivity contribution in [2.24, 2.45) is 0 Å². The molecule has 0 unspecified atom stereocenters. The van der Waals surface area contributed by atoms with Gasteiger partial charge in [-0.2, -0.15) is 5.26 Å². The molecular formula is C26H18N2O2S. The fraction of sp³-hybridized carbons (Fsp3) is 0.0769. The van der Waals surface area contributed by atoms with Gasteiger partial charge in [0.15, 0.2) is 0 Å². The maximum atomic E-state index is 10.1. The Kier molecular flexibility index (Phi) is 4.78. The van der Waals surface area contributed by atoms with Crippen LogP contribution < -0.4 is 9.47 Å². The molecule has 0 atom stereocenters. The number of fused-ring (bicyclic) bond motifs is 2. The lowest BCUT2D eigenvalue weighted by Crippen LogP contribution is -2.05. The van der Waals surface area contributed by atoms with Crippen LogP contribution in [0.3, 0.4) is 0 Å². The topological polar surface area (TPSA) is 55.1 Å². The van der Waals surface area contributed by atoms with Gasteiger partial charge in [0.1, 0.15) is 28.3 Å². The van der Waals surface area contributed by atoms with E-state index in [9.17, 15) is 5.26 Å². The van der Waals surface area contributed by atoms with Crippen molar-refractivity contribution in [1.29, 1.82) is 5.26 Å². The first-order chi connectivity index (χ1) is 15.2. The normalized spacial score (nSPS) is 14.3. The Labute approximate surface area is 184 Å². The summed E-state index contributed by atoms with van der Waals surface area (Å²) in [6, 6.07) is 24.0. The van der Waals surface area contributed by atoms with Gasteiger partial charge in [0.25, 0.3) is 0 Å². The van der Waals surface area contributed by atoms with Crippen molar-refractivity contribution < 1.29 is 9.47 Å². The summed E-state index contributed by atoms with van der Waals surface area (Å²) < 4.78 is 12.6. The average molecular weight is 423 g/mol. The maximum absolute atomic E-state index is 10.1. The second-order valence-corrected chi connectivity index (χ2v) is 8.26. The number of ether oxygens (including phenoxy) is 2. The smallest absolute Gasteiger partial charge is 0.135 e. The molecule has 2 heterocycles. The molecule has 31 heavy (non-hydrogen) atoms. The van der Waals surface area contributed by atoms with E-state index in [0.29, 0.717) is 16.3 Å². The monoisotopic (exact) mass is 422 g/mol. The number of nitrogens with zero attached hydrogens (tertiary/aromatic N) is 2. The summed E-state index contributed by atoms with van der Waals surface area (Å²) in [4.78, 5) is 4.73. The molecule has 4 nitrogen and oxygen atoms in total. The molecule has 5 rings (SSSR count). The zero-order valence-corrected chi connectivity index (χ0v) is 17.9. The summed E-state index contributed by atoms with van der Waals surface area (Å²) in [6.45, 7) is 2.03. The van der Waals surface area contributed by atoms with E-state index in [4.69, 9.17) is 14.5 Å². The van der Waals surface area contributed by atoms with Gasteiger partial charge < -0.3 is 9.47 Å². The van der Waals surface area contributed by atoms with Crippen LogP contribution in [0.2, 0.25) is 0 Å². The lowest BCUT2D eigenvalue weighted by Gasteiger charge is -2.22. The highest BCUT2D eigenvalue weighted by atomic mass is 32.1. The van der Waals surface area contributed by atoms with Gasteiger partial charge in [0.05, 0.1) is 22.9 Å². The number of thiazole rings is 1. The summed E-state index contributed by atoms with van der Waals surface area (Å²) in [5.74, 6) is 2.18. The quantitative estimate of drug-likeness (QED) is 0.355. The Hall–Kier alpha value is -3.88. The van der Waals surface area contributed by atoms with Crippen LogP contribution in [-0.2, 0) is 0 Å². The summed E-state index contributed by atoms with van der Waals surface area (Å²) in [5.41, 5.74) is 5.16. The van der Waals surface area contributed by atoms with E-state index in [0.717, 1.165) is 44.0 Å². The number of benzene rings is 3. The van der Waals surface area contributed by atoms with Crippen molar-refractivity contribution >= 4 is 38.5 Å². The van der Waals surface area contributed by atoms with Crippen LogP contribution in [0.4, 0.5) is 0 Å². The Morgan fingerprint density at radius 1 is 1.06 bits per heavy atom. The highest BCUT2D eigenvalue weighted by molar-refractivity contribution is 7.19. The predicted molar refractivity (Wildman–Crippen MR) is 125 cm³/mol. The van der Waals surface area contributed by atoms with E-state index in [-0.39, 0.29) is 0 Å². The number of methoxy groups -OCH3 is 1. The molecule has 0 fully saturated rings. The minimum Gasteiger partial charge on any atom is -0.497 e. The maximum Gasteiger partial charge on any atom is 0.135 e. The molecular weight excluding hydrogens is 404 g/mol. The van der Waals surface area contributed by atoms with Crippen molar-refractivity contribution in [3.63, 3.8) is 0 Å². The van der Waals surface area contributed by atoms with Crippen LogP contribution in [0.5, 0.6) is 11.5 Å². The van der Waals surface area contributed by atoms with E-state index in [1.54, 1.807) is 7.11 Å². The van der Waals surface area contributed by atoms with Crippen LogP contribution in [0.25, 0.3) is 27.1 Å². The van der Waals surface area contributed by atoms with E-state index in [2.05, 4.69) is 12.1 Å². The first-order valence-electron chi connectivity index (χ1n) is 9.81. The highest BCUT2D eigenvalue weighted by Crippen LogP contribution is 2.42. The molecule has 0 saturated heterocycles. The molecule has 1 aliphatic rings. The van der Waals surface area contributed by atoms with E-state index in [1.807, 2.05) is 73.7 Å². The third-order valence-electron chi connectivity index (χ3n) is 5.18. The summed E-state index contributed by atoms with van der Waals surface area (Å²) in [5, 5.41) is 10.9. The van der Waals surface area contributed by atoms with Crippen LogP contribution in [0.1, 0.15) is 21.7 Å². The number of aryl methyl sites for hydroxylation is 1. The summed E-state index contributed by atoms with van der Waals surface area (Å²) >= 11 is 1.53. The van der Waals surface area contributed by atoms with Gasteiger partial charge in [-0.3, -0.25) is 0 Å². The largest absolute Gasteiger partial charge is 0.497 e. The third-order valence-corrected chi connectivity index (χ3v) is 6.24. The van der Waals surface area contributed by atoms with Crippen LogP contribution >= 0.6 is 11.3 Å². The van der Waals surface area contributed by atoms with Crippen molar-refractivity contribution in [3.05, 3.63) is 94.5 Å². The molecule has 5 heteroatoms. The third kappa shape index (κ3) is 3.48. The molecule has 4 aromatic rings. The average Bonchev–Trinajstić information content (AvgIpc) is 3.23. The second kappa shape index (κ2) is 7.75. The van der Waals surface area contributed by atoms with E-state index >= 15 is 0 Å². The van der Waals surface area contributed by atoms with Crippen molar-refractivity contribution in [2.75, 3.05) is 7.11 Å². The predicted octanol–water partition coefficient (Wildman–Crippen LogP) is 6.48. The molecule has 150 valence electrons. The minimum atomic E-state index is 0.544. The number of nitriles is 1. The zero-order chi connectivity index (χ0) is 21.4. The van der Waals surface area contributed by atoms with Crippen LogP contribution in [-0.4, -0.2) is 12.1 Å². The van der Waals surface area contributed by atoms with Gasteiger partial charge >= 0.3 is 0 Å². The van der Waals surface area contributed by atoms with Gasteiger partial charge in [-0.25, -0.2) is 4.98 Å². The lowest BCUT2D eigenvalue weighted by molar-refractivity contribution is 0.414. The Bertz CT molecular complexity index is 1370. The van der Waals surface area contributed by atoms with Gasteiger partial charge in [-0.15, -0.1) is 11.3 Å². The lowest BCUT2D eigenvalue weighted by atomic mass is 9.94. The molecule has 1 aromatic heterocycles. The molecule has 0 saturated carbocycles. The summed E-state index contributed by atoms with van der Waals surface area (Å²) in [6.07, 6.45) is 1.94. The first-order valence-corrected chi connectivity index (χ1v) is 10.6. The summed E-state index contributed by atoms with van der Waals surface area (Å²) in [7, 11) is 1.64. The van der Waals surface area contributed by atoms with Gasteiger partial charge in [0, 0.05) is 16.7 Å². The Morgan fingerprint density at radius 3 is 2.61 bits per heavy atom. The Morgan fingerprint density at radius 2 is 1.87 bits per heavy atom. The Balaban J connectivity index is 1.73. The van der Waals surface area contributed by atoms with Crippen molar-refractivity contribution in [3.8, 4) is 17.6 Å². The SMILES string of the molecule is COc1ccc(C2=C/C(=C(\C#N)c3nc4ccccc4s3)c3cc(C)ccc3O2)cc1. The molecule has 0 N–H and O–H groups in total. The number of rotatable bonds is 3. The fourth-order valence-corrected chi connectivity index (χ4v) is 4.58. The van der Waals surface area contributed by atoms with Gasteiger partial charge in [-0.1, -0.05) is 23.8 Å². The minimum absolute atomic E-state index is 0.544. The van der Waals surface area contributed by atoms with Crippen LogP contribution in [0.15, 0.2) is 72.8 Å². The van der Waals surface area contributed by atoms with Crippen molar-refractivity contribution in [1.82, 2.24) is 4.98 Å². The number of aromatic nitrogens is 1. The standard InChI is InChI=1S/C26H18N2O2S/c1-16-7-12-23-20(13-16)19(14-24(30-23)17-8-10-18(29-2)11-9-17)21(15-27)26-28-22-5-3-4-6-25(22)31-26/h3-14H,1-2H3/b21-19-. The first kappa shape index (κ1) is 19.1. The van der Waals surface area contributed by atoms with Crippen molar-refractivity contribution in [2.45, 2.75) is 6.92 Å². The van der Waals surface area contributed by atoms with Crippen LogP contribution in [0, 0.1) is 18.3 Å². The molecule has 1 aliphatic heterocycles. The second-order valence-electron chi connectivity index (χ2n) is 7.23. The number of hydrogen-bond donors (Lipinski definition) is 0. The molecule has 3 aromatic carbocycles. The number of para-hydroxylation sites is 1. The van der Waals surface area contributed by atoms with E-state index in [1.165, 1.54) is 11.3 Å². The number of allylic oxidation sites excluding steroid dienone is 3. The molecule has 0 amide bonds. The van der Waals surface area contributed by atoms with Gasteiger partial charge in [-0.05, 0) is 61.5 Å². The van der Waals surface area contributed by atoms with Gasteiger partial charge in [0.2, 0.25) is 0 Å². The molecule has 0 aliphatic carbocycles.